The molecular formula is C18H14BrN3O2. The molecule has 0 unspecified atom stereocenters. The fourth-order valence-corrected chi connectivity index (χ4v) is 2.65. The number of nitrogens with zero attached hydrogens (tertiary/aromatic N) is 1. The van der Waals surface area contributed by atoms with Gasteiger partial charge < -0.3 is 4.57 Å². The smallest absolute Gasteiger partial charge is 0.270 e. The van der Waals surface area contributed by atoms with Gasteiger partial charge in [0, 0.05) is 28.1 Å². The average Bonchev–Trinajstić information content (AvgIpc) is 3.14. The molecule has 0 spiro atoms. The Morgan fingerprint density at radius 1 is 0.792 bits per heavy atom. The maximum atomic E-state index is 12.1. The second kappa shape index (κ2) is 7.14. The van der Waals surface area contributed by atoms with Crippen LogP contribution in [0.5, 0.6) is 0 Å². The molecule has 0 fully saturated rings. The molecule has 0 aliphatic rings. The number of halogens is 1. The summed E-state index contributed by atoms with van der Waals surface area (Å²) in [5.74, 6) is -0.769. The Labute approximate surface area is 147 Å². The minimum absolute atomic E-state index is 0.380. The molecule has 0 saturated heterocycles. The maximum absolute atomic E-state index is 12.1. The Hall–Kier alpha value is -2.86. The first-order valence-corrected chi connectivity index (χ1v) is 8.03. The zero-order chi connectivity index (χ0) is 16.9. The molecule has 2 aromatic carbocycles. The molecule has 0 saturated carbocycles. The molecule has 0 aliphatic heterocycles. The molecule has 3 rings (SSSR count). The quantitative estimate of drug-likeness (QED) is 0.681. The minimum atomic E-state index is -0.389. The van der Waals surface area contributed by atoms with Crippen molar-refractivity contribution < 1.29 is 9.59 Å². The molecule has 0 aliphatic carbocycles. The molecule has 1 aromatic heterocycles. The van der Waals surface area contributed by atoms with Gasteiger partial charge in [0.05, 0.1) is 5.56 Å². The third-order valence-electron chi connectivity index (χ3n) is 3.44. The Morgan fingerprint density at radius 2 is 1.42 bits per heavy atom. The van der Waals surface area contributed by atoms with Gasteiger partial charge in [-0.1, -0.05) is 12.1 Å². The molecule has 0 bridgehead atoms. The fraction of sp³-hybridized carbons (Fsp3) is 0. The van der Waals surface area contributed by atoms with E-state index in [9.17, 15) is 9.59 Å². The van der Waals surface area contributed by atoms with Crippen LogP contribution < -0.4 is 10.9 Å². The van der Waals surface area contributed by atoms with E-state index in [0.717, 1.165) is 5.69 Å². The molecule has 6 heteroatoms. The van der Waals surface area contributed by atoms with Crippen molar-refractivity contribution in [1.29, 1.82) is 0 Å². The van der Waals surface area contributed by atoms with Gasteiger partial charge in [-0.15, -0.1) is 0 Å². The highest BCUT2D eigenvalue weighted by Crippen LogP contribution is 2.15. The van der Waals surface area contributed by atoms with Crippen molar-refractivity contribution >= 4 is 27.7 Å². The Bertz CT molecular complexity index is 858. The highest BCUT2D eigenvalue weighted by atomic mass is 79.9. The van der Waals surface area contributed by atoms with Crippen molar-refractivity contribution in [1.82, 2.24) is 15.4 Å². The molecule has 3 aromatic rings. The van der Waals surface area contributed by atoms with Crippen LogP contribution in [0.4, 0.5) is 0 Å². The van der Waals surface area contributed by atoms with Gasteiger partial charge in [-0.05, 0) is 64.5 Å². The van der Waals surface area contributed by atoms with Crippen LogP contribution >= 0.6 is 15.9 Å². The largest absolute Gasteiger partial charge is 0.324 e. The van der Waals surface area contributed by atoms with Crippen molar-refractivity contribution in [3.63, 3.8) is 0 Å². The lowest BCUT2D eigenvalue weighted by molar-refractivity contribution is 0.0846. The summed E-state index contributed by atoms with van der Waals surface area (Å²) in [6.45, 7) is 0. The molecule has 5 nitrogen and oxygen atoms in total. The number of hydrazine groups is 1. The molecule has 0 atom stereocenters. The number of amides is 2. The first-order chi connectivity index (χ1) is 11.6. The summed E-state index contributed by atoms with van der Waals surface area (Å²) in [5, 5.41) is 0. The third kappa shape index (κ3) is 3.55. The summed E-state index contributed by atoms with van der Waals surface area (Å²) in [5.41, 5.74) is 6.67. The number of aromatic nitrogens is 1. The summed E-state index contributed by atoms with van der Waals surface area (Å²) in [4.78, 5) is 24.2. The zero-order valence-electron chi connectivity index (χ0n) is 12.6. The lowest BCUT2D eigenvalue weighted by atomic mass is 10.2. The first-order valence-electron chi connectivity index (χ1n) is 7.24. The van der Waals surface area contributed by atoms with E-state index in [1.807, 2.05) is 47.3 Å². The number of hydrogen-bond donors (Lipinski definition) is 2. The summed E-state index contributed by atoms with van der Waals surface area (Å²) < 4.78 is 2.60. The summed E-state index contributed by atoms with van der Waals surface area (Å²) in [6.07, 6.45) is 3.85. The number of benzene rings is 2. The highest BCUT2D eigenvalue weighted by Gasteiger charge is 2.11. The summed E-state index contributed by atoms with van der Waals surface area (Å²) in [7, 11) is 0. The second-order valence-corrected chi connectivity index (χ2v) is 5.88. The first kappa shape index (κ1) is 16.0. The molecule has 24 heavy (non-hydrogen) atoms. The van der Waals surface area contributed by atoms with Gasteiger partial charge in [-0.25, -0.2) is 0 Å². The molecule has 2 amide bonds. The topological polar surface area (TPSA) is 63.1 Å². The van der Waals surface area contributed by atoms with Gasteiger partial charge in [0.15, 0.2) is 0 Å². The molecule has 1 heterocycles. The molecular weight excluding hydrogens is 370 g/mol. The van der Waals surface area contributed by atoms with Gasteiger partial charge in [0.1, 0.15) is 0 Å². The van der Waals surface area contributed by atoms with E-state index in [-0.39, 0.29) is 11.8 Å². The number of nitrogens with one attached hydrogen (secondary N) is 2. The van der Waals surface area contributed by atoms with Crippen molar-refractivity contribution in [2.45, 2.75) is 0 Å². The lowest BCUT2D eigenvalue weighted by Crippen LogP contribution is -2.41. The second-order valence-electron chi connectivity index (χ2n) is 5.03. The summed E-state index contributed by atoms with van der Waals surface area (Å²) >= 11 is 3.30. The van der Waals surface area contributed by atoms with Crippen molar-refractivity contribution in [2.24, 2.45) is 0 Å². The van der Waals surface area contributed by atoms with E-state index in [2.05, 4.69) is 26.8 Å². The lowest BCUT2D eigenvalue weighted by Gasteiger charge is -2.09. The van der Waals surface area contributed by atoms with E-state index in [0.29, 0.717) is 15.6 Å². The molecule has 0 radical (unpaired) electrons. The Morgan fingerprint density at radius 3 is 2.08 bits per heavy atom. The standard InChI is InChI=1S/C18H14BrN3O2/c19-16-6-2-1-5-15(16)18(24)21-20-17(23)13-7-9-14(10-8-13)22-11-3-4-12-22/h1-12H,(H,20,23)(H,21,24). The predicted octanol–water partition coefficient (Wildman–Crippen LogP) is 3.31. The Balaban J connectivity index is 1.63. The van der Waals surface area contributed by atoms with Gasteiger partial charge in [-0.2, -0.15) is 0 Å². The fourth-order valence-electron chi connectivity index (χ4n) is 2.19. The number of rotatable bonds is 3. The minimum Gasteiger partial charge on any atom is -0.324 e. The van der Waals surface area contributed by atoms with Gasteiger partial charge in [-0.3, -0.25) is 20.4 Å². The van der Waals surface area contributed by atoms with Crippen LogP contribution in [0.3, 0.4) is 0 Å². The van der Waals surface area contributed by atoms with Crippen LogP contribution in [0.2, 0.25) is 0 Å². The van der Waals surface area contributed by atoms with Gasteiger partial charge >= 0.3 is 0 Å². The maximum Gasteiger partial charge on any atom is 0.270 e. The third-order valence-corrected chi connectivity index (χ3v) is 4.13. The van der Waals surface area contributed by atoms with Gasteiger partial charge in [0.25, 0.3) is 11.8 Å². The van der Waals surface area contributed by atoms with Crippen molar-refractivity contribution in [3.8, 4) is 5.69 Å². The molecule has 2 N–H and O–H groups in total. The number of carbonyl (C=O) groups excluding carboxylic acids is 2. The number of carbonyl (C=O) groups is 2. The van der Waals surface area contributed by atoms with E-state index in [1.165, 1.54) is 0 Å². The SMILES string of the molecule is O=C(NNC(=O)c1ccccc1Br)c1ccc(-n2cccc2)cc1. The van der Waals surface area contributed by atoms with E-state index in [4.69, 9.17) is 0 Å². The predicted molar refractivity (Wildman–Crippen MR) is 94.8 cm³/mol. The van der Waals surface area contributed by atoms with Crippen LogP contribution in [0.1, 0.15) is 20.7 Å². The number of hydrogen-bond acceptors (Lipinski definition) is 2. The van der Waals surface area contributed by atoms with Crippen LogP contribution in [-0.4, -0.2) is 16.4 Å². The summed E-state index contributed by atoms with van der Waals surface area (Å²) in [6, 6.07) is 17.9. The zero-order valence-corrected chi connectivity index (χ0v) is 14.2. The van der Waals surface area contributed by atoms with Crippen LogP contribution in [0, 0.1) is 0 Å². The van der Waals surface area contributed by atoms with Crippen LogP contribution in [-0.2, 0) is 0 Å². The van der Waals surface area contributed by atoms with Crippen molar-refractivity contribution in [3.05, 3.63) is 88.7 Å². The normalized spacial score (nSPS) is 10.2. The average molecular weight is 384 g/mol. The van der Waals surface area contributed by atoms with Crippen LogP contribution in [0.15, 0.2) is 77.5 Å². The Kier molecular flexibility index (Phi) is 4.77. The van der Waals surface area contributed by atoms with E-state index < -0.39 is 0 Å². The van der Waals surface area contributed by atoms with E-state index in [1.54, 1.807) is 30.3 Å². The van der Waals surface area contributed by atoms with E-state index >= 15 is 0 Å². The van der Waals surface area contributed by atoms with Crippen molar-refractivity contribution in [2.75, 3.05) is 0 Å². The van der Waals surface area contributed by atoms with Gasteiger partial charge in [0.2, 0.25) is 0 Å². The monoisotopic (exact) mass is 383 g/mol. The van der Waals surface area contributed by atoms with Crippen LogP contribution in [0.25, 0.3) is 5.69 Å². The highest BCUT2D eigenvalue weighted by molar-refractivity contribution is 9.10. The molecule has 120 valence electrons.